The maximum Gasteiger partial charge on any atom is 0.207 e. The van der Waals surface area contributed by atoms with E-state index in [0.29, 0.717) is 5.92 Å². The Morgan fingerprint density at radius 3 is 2.24 bits per heavy atom. The predicted molar refractivity (Wildman–Crippen MR) is 68.8 cm³/mol. The molecule has 1 aliphatic carbocycles. The zero-order valence-corrected chi connectivity index (χ0v) is 11.7. The van der Waals surface area contributed by atoms with E-state index >= 15 is 0 Å². The van der Waals surface area contributed by atoms with Gasteiger partial charge in [0.05, 0.1) is 11.2 Å². The third kappa shape index (κ3) is 9.12. The molecule has 0 saturated heterocycles. The highest BCUT2D eigenvalue weighted by Crippen LogP contribution is 2.38. The van der Waals surface area contributed by atoms with Gasteiger partial charge in [-0.25, -0.2) is 0 Å². The standard InChI is InChI=1S/C8H15NO2.C5H12O/c1-8(11)4-7(5-8)2-3-9-6-10;1-5(2,3)6-4/h6-7,11H,2-5H2,1H3,(H,9,10);1-4H3. The van der Waals surface area contributed by atoms with Crippen molar-refractivity contribution >= 4 is 6.41 Å². The van der Waals surface area contributed by atoms with E-state index in [1.165, 1.54) is 0 Å². The molecule has 1 amide bonds. The van der Waals surface area contributed by atoms with Crippen molar-refractivity contribution in [2.24, 2.45) is 5.92 Å². The molecule has 2 N–H and O–H groups in total. The second-order valence-electron chi connectivity index (χ2n) is 5.95. The van der Waals surface area contributed by atoms with Crippen LogP contribution < -0.4 is 5.32 Å². The number of hydrogen-bond acceptors (Lipinski definition) is 3. The lowest BCUT2D eigenvalue weighted by atomic mass is 9.71. The van der Waals surface area contributed by atoms with Crippen LogP contribution in [0.1, 0.15) is 47.0 Å². The molecule has 0 radical (unpaired) electrons. The van der Waals surface area contributed by atoms with Gasteiger partial charge in [-0.1, -0.05) is 0 Å². The lowest BCUT2D eigenvalue weighted by Crippen LogP contribution is -2.41. The zero-order chi connectivity index (χ0) is 13.5. The molecular formula is C13H27NO3. The summed E-state index contributed by atoms with van der Waals surface area (Å²) in [6.45, 7) is 8.66. The largest absolute Gasteiger partial charge is 0.390 e. The number of aliphatic hydroxyl groups is 1. The molecule has 0 unspecified atom stereocenters. The Kier molecular flexibility index (Phi) is 6.72. The second kappa shape index (κ2) is 6.97. The Hall–Kier alpha value is -0.610. The van der Waals surface area contributed by atoms with E-state index in [1.807, 2.05) is 27.7 Å². The van der Waals surface area contributed by atoms with Crippen molar-refractivity contribution < 1.29 is 14.6 Å². The van der Waals surface area contributed by atoms with Gasteiger partial charge in [0.1, 0.15) is 0 Å². The van der Waals surface area contributed by atoms with Crippen molar-refractivity contribution in [1.82, 2.24) is 5.32 Å². The monoisotopic (exact) mass is 245 g/mol. The van der Waals surface area contributed by atoms with Crippen molar-refractivity contribution in [3.05, 3.63) is 0 Å². The summed E-state index contributed by atoms with van der Waals surface area (Å²) < 4.78 is 4.94. The molecular weight excluding hydrogens is 218 g/mol. The molecule has 0 spiro atoms. The summed E-state index contributed by atoms with van der Waals surface area (Å²) >= 11 is 0. The van der Waals surface area contributed by atoms with Gasteiger partial charge in [0.15, 0.2) is 0 Å². The summed E-state index contributed by atoms with van der Waals surface area (Å²) in [6, 6.07) is 0. The van der Waals surface area contributed by atoms with Crippen LogP contribution in [0.25, 0.3) is 0 Å². The average molecular weight is 245 g/mol. The minimum Gasteiger partial charge on any atom is -0.390 e. The molecule has 0 aliphatic heterocycles. The van der Waals surface area contributed by atoms with Crippen molar-refractivity contribution in [3.8, 4) is 0 Å². The molecule has 0 atom stereocenters. The minimum absolute atomic E-state index is 0.0417. The molecule has 1 saturated carbocycles. The number of rotatable bonds is 4. The van der Waals surface area contributed by atoms with E-state index in [0.717, 1.165) is 32.2 Å². The molecule has 17 heavy (non-hydrogen) atoms. The smallest absolute Gasteiger partial charge is 0.207 e. The molecule has 102 valence electrons. The topological polar surface area (TPSA) is 58.6 Å². The van der Waals surface area contributed by atoms with E-state index in [1.54, 1.807) is 7.11 Å². The van der Waals surface area contributed by atoms with Gasteiger partial charge < -0.3 is 15.2 Å². The van der Waals surface area contributed by atoms with Crippen LogP contribution in [-0.2, 0) is 9.53 Å². The van der Waals surface area contributed by atoms with Crippen molar-refractivity contribution in [3.63, 3.8) is 0 Å². The SMILES string of the molecule is CC1(O)CC(CCNC=O)C1.COC(C)(C)C. The Morgan fingerprint density at radius 2 is 1.94 bits per heavy atom. The molecule has 1 fully saturated rings. The van der Waals surface area contributed by atoms with Crippen LogP contribution in [0, 0.1) is 5.92 Å². The van der Waals surface area contributed by atoms with E-state index in [-0.39, 0.29) is 5.60 Å². The van der Waals surface area contributed by atoms with Crippen LogP contribution in [0.3, 0.4) is 0 Å². The lowest BCUT2D eigenvalue weighted by Gasteiger charge is -2.41. The normalized spacial score (nSPS) is 27.5. The number of hydrogen-bond donors (Lipinski definition) is 2. The quantitative estimate of drug-likeness (QED) is 0.585. The third-order valence-corrected chi connectivity index (χ3v) is 2.85. The summed E-state index contributed by atoms with van der Waals surface area (Å²) in [5.74, 6) is 0.609. The second-order valence-corrected chi connectivity index (χ2v) is 5.95. The number of amides is 1. The van der Waals surface area contributed by atoms with E-state index in [2.05, 4.69) is 5.32 Å². The van der Waals surface area contributed by atoms with Crippen LogP contribution in [0.15, 0.2) is 0 Å². The highest BCUT2D eigenvalue weighted by atomic mass is 16.5. The van der Waals surface area contributed by atoms with Gasteiger partial charge in [-0.15, -0.1) is 0 Å². The molecule has 0 aromatic carbocycles. The summed E-state index contributed by atoms with van der Waals surface area (Å²) in [4.78, 5) is 9.86. The Labute approximate surface area is 105 Å². The third-order valence-electron chi connectivity index (χ3n) is 2.85. The summed E-state index contributed by atoms with van der Waals surface area (Å²) in [7, 11) is 1.71. The van der Waals surface area contributed by atoms with Gasteiger partial charge in [-0.3, -0.25) is 4.79 Å². The number of carbonyl (C=O) groups is 1. The van der Waals surface area contributed by atoms with Crippen LogP contribution in [0.5, 0.6) is 0 Å². The first-order chi connectivity index (χ1) is 7.70. The van der Waals surface area contributed by atoms with Gasteiger partial charge in [0.25, 0.3) is 0 Å². The number of carbonyl (C=O) groups excluding carboxylic acids is 1. The number of nitrogens with one attached hydrogen (secondary N) is 1. The minimum atomic E-state index is -0.425. The maximum atomic E-state index is 9.86. The van der Waals surface area contributed by atoms with Crippen LogP contribution in [0.2, 0.25) is 0 Å². The summed E-state index contributed by atoms with van der Waals surface area (Å²) in [6.07, 6.45) is 3.48. The molecule has 1 rings (SSSR count). The molecule has 0 aromatic heterocycles. The fourth-order valence-corrected chi connectivity index (χ4v) is 1.73. The van der Waals surface area contributed by atoms with Crippen LogP contribution in [0.4, 0.5) is 0 Å². The van der Waals surface area contributed by atoms with E-state index in [4.69, 9.17) is 4.74 Å². The molecule has 0 aromatic rings. The molecule has 4 heteroatoms. The Morgan fingerprint density at radius 1 is 1.47 bits per heavy atom. The van der Waals surface area contributed by atoms with Gasteiger partial charge in [-0.2, -0.15) is 0 Å². The van der Waals surface area contributed by atoms with E-state index < -0.39 is 5.60 Å². The van der Waals surface area contributed by atoms with Crippen LogP contribution in [-0.4, -0.2) is 36.4 Å². The van der Waals surface area contributed by atoms with Gasteiger partial charge in [0, 0.05) is 13.7 Å². The van der Waals surface area contributed by atoms with Gasteiger partial charge in [-0.05, 0) is 52.9 Å². The molecule has 1 aliphatic rings. The molecule has 0 bridgehead atoms. The molecule has 4 nitrogen and oxygen atoms in total. The Bertz CT molecular complexity index is 213. The fourth-order valence-electron chi connectivity index (χ4n) is 1.73. The zero-order valence-electron chi connectivity index (χ0n) is 11.7. The van der Waals surface area contributed by atoms with Crippen molar-refractivity contribution in [1.29, 1.82) is 0 Å². The fraction of sp³-hybridized carbons (Fsp3) is 0.923. The van der Waals surface area contributed by atoms with Crippen LogP contribution >= 0.6 is 0 Å². The van der Waals surface area contributed by atoms with Gasteiger partial charge in [0.2, 0.25) is 6.41 Å². The van der Waals surface area contributed by atoms with Gasteiger partial charge >= 0.3 is 0 Å². The van der Waals surface area contributed by atoms with E-state index in [9.17, 15) is 9.90 Å². The highest BCUT2D eigenvalue weighted by Gasteiger charge is 2.37. The maximum absolute atomic E-state index is 9.86. The first-order valence-corrected chi connectivity index (χ1v) is 6.15. The number of methoxy groups -OCH3 is 1. The lowest BCUT2D eigenvalue weighted by molar-refractivity contribution is -0.109. The average Bonchev–Trinajstić information content (AvgIpc) is 2.15. The number of ether oxygens (including phenoxy) is 1. The first-order valence-electron chi connectivity index (χ1n) is 6.15. The summed E-state index contributed by atoms with van der Waals surface area (Å²) in [5.41, 5.74) is -0.383. The van der Waals surface area contributed by atoms with Crippen molar-refractivity contribution in [2.45, 2.75) is 58.2 Å². The first kappa shape index (κ1) is 16.4. The highest BCUT2D eigenvalue weighted by molar-refractivity contribution is 5.45. The Balaban J connectivity index is 0.000000366. The summed E-state index contributed by atoms with van der Waals surface area (Å²) in [5, 5.41) is 12.0. The van der Waals surface area contributed by atoms with Crippen molar-refractivity contribution in [2.75, 3.05) is 13.7 Å². The molecule has 0 heterocycles. The predicted octanol–water partition coefficient (Wildman–Crippen LogP) is 1.71.